The molecule has 1 heterocycles. The number of nitrogens with zero attached hydrogens (tertiary/aromatic N) is 2. The molecule has 18 heavy (non-hydrogen) atoms. The first-order chi connectivity index (χ1) is 8.76. The Kier molecular flexibility index (Phi) is 3.78. The van der Waals surface area contributed by atoms with Gasteiger partial charge in [-0.25, -0.2) is 4.98 Å². The van der Waals surface area contributed by atoms with Gasteiger partial charge in [0.05, 0.1) is 19.8 Å². The summed E-state index contributed by atoms with van der Waals surface area (Å²) in [6.45, 7) is 2.49. The van der Waals surface area contributed by atoms with Crippen LogP contribution in [0.4, 0.5) is 0 Å². The van der Waals surface area contributed by atoms with E-state index in [9.17, 15) is 0 Å². The van der Waals surface area contributed by atoms with Gasteiger partial charge in [0, 0.05) is 0 Å². The largest absolute Gasteiger partial charge is 0.493 e. The van der Waals surface area contributed by atoms with E-state index in [2.05, 4.69) is 15.2 Å². The summed E-state index contributed by atoms with van der Waals surface area (Å²) < 4.78 is 10.7. The van der Waals surface area contributed by atoms with E-state index in [1.54, 1.807) is 7.11 Å². The maximum atomic E-state index is 6.09. The van der Waals surface area contributed by atoms with Crippen molar-refractivity contribution < 1.29 is 9.47 Å². The number of benzene rings is 1. The molecule has 0 spiro atoms. The first kappa shape index (κ1) is 12.4. The number of aromatic amines is 1. The second kappa shape index (κ2) is 5.50. The number of rotatable bonds is 5. The first-order valence-electron chi connectivity index (χ1n) is 5.67. The molecule has 1 unspecified atom stereocenters. The number of nitrogens with one attached hydrogen (secondary N) is 1. The average molecular weight is 248 g/mol. The van der Waals surface area contributed by atoms with Crippen LogP contribution in [0.3, 0.4) is 0 Å². The summed E-state index contributed by atoms with van der Waals surface area (Å²) in [5.74, 6) is 1.97. The number of hydrogen-bond acceptors (Lipinski definition) is 5. The highest BCUT2D eigenvalue weighted by atomic mass is 16.5. The van der Waals surface area contributed by atoms with Gasteiger partial charge < -0.3 is 15.2 Å². The van der Waals surface area contributed by atoms with Gasteiger partial charge in [-0.05, 0) is 24.6 Å². The van der Waals surface area contributed by atoms with E-state index in [0.717, 1.165) is 5.56 Å². The highest BCUT2D eigenvalue weighted by molar-refractivity contribution is 5.44. The van der Waals surface area contributed by atoms with Crippen molar-refractivity contribution in [1.29, 1.82) is 0 Å². The fourth-order valence-electron chi connectivity index (χ4n) is 1.68. The Hall–Kier alpha value is -2.08. The zero-order valence-corrected chi connectivity index (χ0v) is 10.4. The Morgan fingerprint density at radius 3 is 2.83 bits per heavy atom. The summed E-state index contributed by atoms with van der Waals surface area (Å²) in [5, 5.41) is 6.55. The van der Waals surface area contributed by atoms with E-state index in [-0.39, 0.29) is 6.04 Å². The Balaban J connectivity index is 2.31. The Bertz CT molecular complexity index is 499. The van der Waals surface area contributed by atoms with Crippen LogP contribution < -0.4 is 15.2 Å². The monoisotopic (exact) mass is 248 g/mol. The topological polar surface area (TPSA) is 86.0 Å². The Morgan fingerprint density at radius 2 is 2.22 bits per heavy atom. The van der Waals surface area contributed by atoms with E-state index >= 15 is 0 Å². The molecule has 0 bridgehead atoms. The zero-order valence-electron chi connectivity index (χ0n) is 10.4. The zero-order chi connectivity index (χ0) is 13.0. The summed E-state index contributed by atoms with van der Waals surface area (Å²) in [7, 11) is 1.61. The predicted molar refractivity (Wildman–Crippen MR) is 66.6 cm³/mol. The van der Waals surface area contributed by atoms with Crippen LogP contribution in [-0.2, 0) is 0 Å². The van der Waals surface area contributed by atoms with Crippen molar-refractivity contribution in [2.24, 2.45) is 5.73 Å². The lowest BCUT2D eigenvalue weighted by molar-refractivity contribution is 0.310. The van der Waals surface area contributed by atoms with Crippen molar-refractivity contribution in [2.45, 2.75) is 13.0 Å². The highest BCUT2D eigenvalue weighted by Gasteiger charge is 2.14. The van der Waals surface area contributed by atoms with Crippen LogP contribution in [0.1, 0.15) is 24.4 Å². The first-order valence-corrected chi connectivity index (χ1v) is 5.67. The number of H-pyrrole nitrogens is 1. The second-order valence-electron chi connectivity index (χ2n) is 3.69. The quantitative estimate of drug-likeness (QED) is 0.832. The van der Waals surface area contributed by atoms with E-state index in [1.165, 1.54) is 6.33 Å². The van der Waals surface area contributed by atoms with E-state index in [1.807, 2.05) is 25.1 Å². The third-order valence-corrected chi connectivity index (χ3v) is 2.57. The molecule has 2 rings (SSSR count). The van der Waals surface area contributed by atoms with Gasteiger partial charge in [-0.3, -0.25) is 5.10 Å². The number of aromatic nitrogens is 3. The van der Waals surface area contributed by atoms with Crippen molar-refractivity contribution in [1.82, 2.24) is 15.2 Å². The van der Waals surface area contributed by atoms with Gasteiger partial charge in [-0.2, -0.15) is 5.10 Å². The van der Waals surface area contributed by atoms with Gasteiger partial charge in [0.25, 0.3) is 0 Å². The molecule has 1 aromatic carbocycles. The molecule has 0 saturated carbocycles. The van der Waals surface area contributed by atoms with E-state index in [4.69, 9.17) is 15.2 Å². The third-order valence-electron chi connectivity index (χ3n) is 2.57. The minimum absolute atomic E-state index is 0.363. The van der Waals surface area contributed by atoms with Crippen LogP contribution in [0.25, 0.3) is 0 Å². The molecule has 1 atom stereocenters. The van der Waals surface area contributed by atoms with Crippen molar-refractivity contribution in [3.63, 3.8) is 0 Å². The summed E-state index contributed by atoms with van der Waals surface area (Å²) in [4.78, 5) is 4.05. The fourth-order valence-corrected chi connectivity index (χ4v) is 1.68. The minimum atomic E-state index is -0.363. The summed E-state index contributed by atoms with van der Waals surface area (Å²) in [5.41, 5.74) is 6.97. The second-order valence-corrected chi connectivity index (χ2v) is 3.69. The Morgan fingerprint density at radius 1 is 1.39 bits per heavy atom. The van der Waals surface area contributed by atoms with Crippen molar-refractivity contribution in [3.8, 4) is 11.5 Å². The average Bonchev–Trinajstić information content (AvgIpc) is 2.92. The molecule has 3 N–H and O–H groups in total. The molecular weight excluding hydrogens is 232 g/mol. The summed E-state index contributed by atoms with van der Waals surface area (Å²) in [6.07, 6.45) is 1.43. The molecule has 0 aliphatic rings. The third kappa shape index (κ3) is 2.43. The van der Waals surface area contributed by atoms with Gasteiger partial charge in [0.2, 0.25) is 0 Å². The van der Waals surface area contributed by atoms with Crippen LogP contribution in [0, 0.1) is 0 Å². The number of methoxy groups -OCH3 is 1. The predicted octanol–water partition coefficient (Wildman–Crippen LogP) is 1.26. The lowest BCUT2D eigenvalue weighted by Crippen LogP contribution is -2.14. The standard InChI is InChI=1S/C12H16N4O2/c1-3-18-10-6-8(4-5-9(10)17-2)11(13)12-14-7-15-16-12/h4-7,11H,3,13H2,1-2H3,(H,14,15,16). The van der Waals surface area contributed by atoms with Crippen LogP contribution in [0.15, 0.2) is 24.5 Å². The van der Waals surface area contributed by atoms with Crippen molar-refractivity contribution in [2.75, 3.05) is 13.7 Å². The molecule has 0 radical (unpaired) electrons. The molecule has 96 valence electrons. The van der Waals surface area contributed by atoms with Crippen LogP contribution >= 0.6 is 0 Å². The number of hydrogen-bond donors (Lipinski definition) is 2. The van der Waals surface area contributed by atoms with Gasteiger partial charge in [0.15, 0.2) is 11.5 Å². The minimum Gasteiger partial charge on any atom is -0.493 e. The lowest BCUT2D eigenvalue weighted by Gasteiger charge is -2.13. The van der Waals surface area contributed by atoms with Gasteiger partial charge >= 0.3 is 0 Å². The van der Waals surface area contributed by atoms with Gasteiger partial charge in [-0.15, -0.1) is 0 Å². The van der Waals surface area contributed by atoms with Gasteiger partial charge in [-0.1, -0.05) is 6.07 Å². The fraction of sp³-hybridized carbons (Fsp3) is 0.333. The summed E-state index contributed by atoms with van der Waals surface area (Å²) >= 11 is 0. The molecule has 0 amide bonds. The molecule has 0 aliphatic carbocycles. The Labute approximate surface area is 105 Å². The highest BCUT2D eigenvalue weighted by Crippen LogP contribution is 2.30. The molecular formula is C12H16N4O2. The van der Waals surface area contributed by atoms with Crippen molar-refractivity contribution >= 4 is 0 Å². The molecule has 0 fully saturated rings. The normalized spacial score (nSPS) is 12.2. The number of nitrogens with two attached hydrogens (primary N) is 1. The van der Waals surface area contributed by atoms with E-state index < -0.39 is 0 Å². The molecule has 2 aromatic rings. The summed E-state index contributed by atoms with van der Waals surface area (Å²) in [6, 6.07) is 5.21. The molecule has 6 nitrogen and oxygen atoms in total. The SMILES string of the molecule is CCOc1cc(C(N)c2ncn[nH]2)ccc1OC. The van der Waals surface area contributed by atoms with Crippen LogP contribution in [-0.4, -0.2) is 28.9 Å². The molecule has 0 saturated heterocycles. The smallest absolute Gasteiger partial charge is 0.161 e. The van der Waals surface area contributed by atoms with Gasteiger partial charge in [0.1, 0.15) is 12.2 Å². The van der Waals surface area contributed by atoms with Crippen molar-refractivity contribution in [3.05, 3.63) is 35.9 Å². The van der Waals surface area contributed by atoms with Crippen LogP contribution in [0.5, 0.6) is 11.5 Å². The lowest BCUT2D eigenvalue weighted by atomic mass is 10.1. The molecule has 6 heteroatoms. The van der Waals surface area contributed by atoms with Crippen LogP contribution in [0.2, 0.25) is 0 Å². The maximum Gasteiger partial charge on any atom is 0.161 e. The van der Waals surface area contributed by atoms with E-state index in [0.29, 0.717) is 23.9 Å². The number of ether oxygens (including phenoxy) is 2. The molecule has 0 aliphatic heterocycles. The maximum absolute atomic E-state index is 6.09. The molecule has 1 aromatic heterocycles.